The fourth-order valence-electron chi connectivity index (χ4n) is 4.33. The molecule has 0 spiro atoms. The van der Waals surface area contributed by atoms with Crippen LogP contribution in [0.1, 0.15) is 61.7 Å². The van der Waals surface area contributed by atoms with Gasteiger partial charge in [0.1, 0.15) is 11.8 Å². The van der Waals surface area contributed by atoms with Crippen LogP contribution in [0, 0.1) is 0 Å². The predicted molar refractivity (Wildman–Crippen MR) is 106 cm³/mol. The van der Waals surface area contributed by atoms with E-state index in [1.54, 1.807) is 23.1 Å². The summed E-state index contributed by atoms with van der Waals surface area (Å²) in [6.07, 6.45) is 8.52. The summed E-state index contributed by atoms with van der Waals surface area (Å²) in [6, 6.07) is 4.91. The quantitative estimate of drug-likeness (QED) is 0.724. The minimum absolute atomic E-state index is 0.0637. The van der Waals surface area contributed by atoms with Crippen LogP contribution in [0.25, 0.3) is 0 Å². The van der Waals surface area contributed by atoms with Gasteiger partial charge in [-0.15, -0.1) is 0 Å². The van der Waals surface area contributed by atoms with Crippen molar-refractivity contribution in [3.05, 3.63) is 28.8 Å². The van der Waals surface area contributed by atoms with Crippen LogP contribution in [0.15, 0.2) is 18.2 Å². The molecular formula is C21H29ClN2O3. The van der Waals surface area contributed by atoms with E-state index in [2.05, 4.69) is 0 Å². The van der Waals surface area contributed by atoms with Crippen LogP contribution in [0.3, 0.4) is 0 Å². The maximum atomic E-state index is 13.2. The third-order valence-electron chi connectivity index (χ3n) is 5.91. The summed E-state index contributed by atoms with van der Waals surface area (Å²) >= 11 is 6.09. The van der Waals surface area contributed by atoms with Crippen molar-refractivity contribution in [2.24, 2.45) is 0 Å². The number of likely N-dealkylation sites (tertiary alicyclic amines) is 1. The molecule has 3 rings (SSSR count). The molecule has 0 bridgehead atoms. The molecule has 0 radical (unpaired) electrons. The Kier molecular flexibility index (Phi) is 6.64. The van der Waals surface area contributed by atoms with Crippen LogP contribution >= 0.6 is 11.6 Å². The number of carbonyl (C=O) groups is 2. The molecule has 27 heavy (non-hydrogen) atoms. The maximum Gasteiger partial charge on any atom is 0.258 e. The van der Waals surface area contributed by atoms with Gasteiger partial charge in [0.05, 0.1) is 12.7 Å². The van der Waals surface area contributed by atoms with Crippen LogP contribution < -0.4 is 4.74 Å². The van der Waals surface area contributed by atoms with Crippen molar-refractivity contribution in [1.82, 2.24) is 9.80 Å². The predicted octanol–water partition coefficient (Wildman–Crippen LogP) is 4.13. The topological polar surface area (TPSA) is 49.9 Å². The number of nitrogens with zero attached hydrogens (tertiary/aromatic N) is 2. The van der Waals surface area contributed by atoms with E-state index in [-0.39, 0.29) is 11.8 Å². The Bertz CT molecular complexity index is 686. The van der Waals surface area contributed by atoms with Gasteiger partial charge in [-0.3, -0.25) is 9.59 Å². The van der Waals surface area contributed by atoms with Gasteiger partial charge in [0, 0.05) is 24.7 Å². The molecule has 6 heteroatoms. The lowest BCUT2D eigenvalue weighted by Gasteiger charge is -2.33. The number of hydrogen-bond acceptors (Lipinski definition) is 3. The van der Waals surface area contributed by atoms with Crippen LogP contribution in [0.5, 0.6) is 5.75 Å². The maximum absolute atomic E-state index is 13.2. The fraction of sp³-hybridized carbons (Fsp3) is 0.619. The zero-order chi connectivity index (χ0) is 19.4. The van der Waals surface area contributed by atoms with Gasteiger partial charge in [-0.25, -0.2) is 0 Å². The van der Waals surface area contributed by atoms with Crippen LogP contribution in [-0.2, 0) is 4.79 Å². The molecule has 1 aliphatic carbocycles. The van der Waals surface area contributed by atoms with Crippen molar-refractivity contribution in [2.45, 2.75) is 63.5 Å². The van der Waals surface area contributed by atoms with Crippen molar-refractivity contribution in [1.29, 1.82) is 0 Å². The average Bonchev–Trinajstić information content (AvgIpc) is 3.01. The van der Waals surface area contributed by atoms with Gasteiger partial charge >= 0.3 is 0 Å². The number of hydrogen-bond donors (Lipinski definition) is 0. The molecule has 5 nitrogen and oxygen atoms in total. The first-order valence-electron chi connectivity index (χ1n) is 9.94. The zero-order valence-corrected chi connectivity index (χ0v) is 17.0. The number of methoxy groups -OCH3 is 1. The van der Waals surface area contributed by atoms with Gasteiger partial charge in [-0.05, 0) is 43.9 Å². The molecule has 148 valence electrons. The largest absolute Gasteiger partial charge is 0.496 e. The molecule has 1 aromatic carbocycles. The van der Waals surface area contributed by atoms with Gasteiger partial charge in [-0.2, -0.15) is 0 Å². The van der Waals surface area contributed by atoms with Crippen molar-refractivity contribution < 1.29 is 14.3 Å². The number of likely N-dealkylation sites (N-methyl/N-ethyl adjacent to an activating group) is 1. The van der Waals surface area contributed by atoms with Gasteiger partial charge in [-0.1, -0.05) is 37.3 Å². The van der Waals surface area contributed by atoms with Crippen molar-refractivity contribution in [3.8, 4) is 5.75 Å². The summed E-state index contributed by atoms with van der Waals surface area (Å²) in [5.74, 6) is 0.368. The summed E-state index contributed by atoms with van der Waals surface area (Å²) in [5.41, 5.74) is 0.418. The lowest BCUT2D eigenvalue weighted by atomic mass is 10.1. The molecule has 1 unspecified atom stereocenters. The fourth-order valence-corrected chi connectivity index (χ4v) is 4.50. The van der Waals surface area contributed by atoms with E-state index in [9.17, 15) is 9.59 Å². The van der Waals surface area contributed by atoms with Gasteiger partial charge in [0.25, 0.3) is 5.91 Å². The molecule has 0 aromatic heterocycles. The summed E-state index contributed by atoms with van der Waals surface area (Å²) in [6.45, 7) is 0.587. The van der Waals surface area contributed by atoms with E-state index in [1.807, 2.05) is 11.9 Å². The number of ether oxygens (including phenoxy) is 1. The smallest absolute Gasteiger partial charge is 0.258 e. The standard InChI is InChI=1S/C21H29ClN2O3/c1-23(16-8-5-3-4-6-9-16)21(26)18-10-7-13-24(18)20(25)17-14-15(22)11-12-19(17)27-2/h11-12,14,16,18H,3-10,13H2,1-2H3. The Hall–Kier alpha value is -1.75. The average molecular weight is 393 g/mol. The van der Waals surface area contributed by atoms with Crippen molar-refractivity contribution >= 4 is 23.4 Å². The lowest BCUT2D eigenvalue weighted by molar-refractivity contribution is -0.136. The number of carbonyl (C=O) groups excluding carboxylic acids is 2. The van der Waals surface area contributed by atoms with Gasteiger partial charge < -0.3 is 14.5 Å². The molecule has 2 amide bonds. The van der Waals surface area contributed by atoms with E-state index in [1.165, 1.54) is 32.8 Å². The Morgan fingerprint density at radius 1 is 1.11 bits per heavy atom. The lowest BCUT2D eigenvalue weighted by Crippen LogP contribution is -2.49. The van der Waals surface area contributed by atoms with Crippen molar-refractivity contribution in [3.63, 3.8) is 0 Å². The summed E-state index contributed by atoms with van der Waals surface area (Å²) in [5, 5.41) is 0.483. The highest BCUT2D eigenvalue weighted by Crippen LogP contribution is 2.29. The monoisotopic (exact) mass is 392 g/mol. The highest BCUT2D eigenvalue weighted by atomic mass is 35.5. The third-order valence-corrected chi connectivity index (χ3v) is 6.15. The van der Waals surface area contributed by atoms with E-state index >= 15 is 0 Å². The van der Waals surface area contributed by atoms with Gasteiger partial charge in [0.15, 0.2) is 0 Å². The molecule has 1 saturated carbocycles. The SMILES string of the molecule is COc1ccc(Cl)cc1C(=O)N1CCCC1C(=O)N(C)C1CCCCCC1. The second kappa shape index (κ2) is 8.96. The Morgan fingerprint density at radius 2 is 1.81 bits per heavy atom. The minimum atomic E-state index is -0.394. The molecule has 2 fully saturated rings. The van der Waals surface area contributed by atoms with E-state index in [0.717, 1.165) is 19.3 Å². The highest BCUT2D eigenvalue weighted by Gasteiger charge is 2.38. The van der Waals surface area contributed by atoms with Crippen LogP contribution in [0.2, 0.25) is 5.02 Å². The minimum Gasteiger partial charge on any atom is -0.496 e. The Morgan fingerprint density at radius 3 is 2.48 bits per heavy atom. The van der Waals surface area contributed by atoms with Crippen molar-refractivity contribution in [2.75, 3.05) is 20.7 Å². The first-order chi connectivity index (χ1) is 13.0. The number of halogens is 1. The molecule has 1 aromatic rings. The second-order valence-electron chi connectivity index (χ2n) is 7.60. The first kappa shape index (κ1) is 20.0. The normalized spacial score (nSPS) is 21.0. The molecule has 1 heterocycles. The van der Waals surface area contributed by atoms with Gasteiger partial charge in [0.2, 0.25) is 5.91 Å². The Balaban J connectivity index is 1.77. The number of benzene rings is 1. The molecular weight excluding hydrogens is 364 g/mol. The van der Waals surface area contributed by atoms with E-state index in [0.29, 0.717) is 35.3 Å². The zero-order valence-electron chi connectivity index (χ0n) is 16.2. The third kappa shape index (κ3) is 4.40. The van der Waals surface area contributed by atoms with Crippen LogP contribution in [-0.4, -0.2) is 54.4 Å². The summed E-state index contributed by atoms with van der Waals surface area (Å²) in [7, 11) is 3.44. The van der Waals surface area contributed by atoms with Crippen LogP contribution in [0.4, 0.5) is 0 Å². The molecule has 1 aliphatic heterocycles. The molecule has 0 N–H and O–H groups in total. The Labute approximate surface area is 166 Å². The number of rotatable bonds is 4. The summed E-state index contributed by atoms with van der Waals surface area (Å²) < 4.78 is 5.33. The molecule has 2 aliphatic rings. The highest BCUT2D eigenvalue weighted by molar-refractivity contribution is 6.31. The number of amides is 2. The van der Waals surface area contributed by atoms with E-state index < -0.39 is 6.04 Å². The summed E-state index contributed by atoms with van der Waals surface area (Å²) in [4.78, 5) is 30.0. The van der Waals surface area contributed by atoms with E-state index in [4.69, 9.17) is 16.3 Å². The first-order valence-corrected chi connectivity index (χ1v) is 10.3. The molecule has 1 saturated heterocycles. The molecule has 1 atom stereocenters. The second-order valence-corrected chi connectivity index (χ2v) is 8.03.